The fourth-order valence-corrected chi connectivity index (χ4v) is 1.64. The van der Waals surface area contributed by atoms with Gasteiger partial charge in [-0.2, -0.15) is 0 Å². The molecule has 0 aliphatic carbocycles. The van der Waals surface area contributed by atoms with Gasteiger partial charge >= 0.3 is 5.97 Å². The number of carbonyl (C=O) groups excluding carboxylic acids is 2. The Bertz CT molecular complexity index is 253. The normalized spacial score (nSPS) is 13.8. The third kappa shape index (κ3) is 7.27. The van der Waals surface area contributed by atoms with Crippen LogP contribution in [-0.4, -0.2) is 36.2 Å². The van der Waals surface area contributed by atoms with E-state index in [-0.39, 0.29) is 5.91 Å². The molecular formula is C13H25NO4. The van der Waals surface area contributed by atoms with E-state index in [9.17, 15) is 14.7 Å². The summed E-state index contributed by atoms with van der Waals surface area (Å²) in [5.74, 6) is -0.841. The first-order valence-electron chi connectivity index (χ1n) is 6.58. The average molecular weight is 259 g/mol. The van der Waals surface area contributed by atoms with Gasteiger partial charge in [0.05, 0.1) is 13.2 Å². The Hall–Kier alpha value is -1.10. The Morgan fingerprint density at radius 2 is 1.83 bits per heavy atom. The number of rotatable bonds is 9. The van der Waals surface area contributed by atoms with Crippen molar-refractivity contribution < 1.29 is 19.4 Å². The van der Waals surface area contributed by atoms with Gasteiger partial charge in [0, 0.05) is 6.42 Å². The second kappa shape index (κ2) is 9.88. The summed E-state index contributed by atoms with van der Waals surface area (Å²) < 4.78 is 4.52. The Labute approximate surface area is 109 Å². The first-order valence-corrected chi connectivity index (χ1v) is 6.58. The van der Waals surface area contributed by atoms with Crippen molar-refractivity contribution in [1.82, 2.24) is 5.32 Å². The van der Waals surface area contributed by atoms with Crippen LogP contribution in [0, 0.1) is 0 Å². The first kappa shape index (κ1) is 16.9. The highest BCUT2D eigenvalue weighted by atomic mass is 16.5. The molecule has 0 aromatic heterocycles. The summed E-state index contributed by atoms with van der Waals surface area (Å²) in [6.45, 7) is 3.58. The molecule has 5 heteroatoms. The van der Waals surface area contributed by atoms with E-state index < -0.39 is 18.1 Å². The van der Waals surface area contributed by atoms with E-state index in [1.165, 1.54) is 26.9 Å². The maximum absolute atomic E-state index is 11.6. The molecule has 0 aromatic rings. The highest BCUT2D eigenvalue weighted by Gasteiger charge is 2.25. The van der Waals surface area contributed by atoms with Crippen molar-refractivity contribution in [1.29, 1.82) is 0 Å². The lowest BCUT2D eigenvalue weighted by Gasteiger charge is -2.18. The predicted molar refractivity (Wildman–Crippen MR) is 69.0 cm³/mol. The second-order valence-electron chi connectivity index (χ2n) is 4.47. The van der Waals surface area contributed by atoms with Crippen molar-refractivity contribution in [3.8, 4) is 0 Å². The van der Waals surface area contributed by atoms with E-state index in [0.717, 1.165) is 19.3 Å². The van der Waals surface area contributed by atoms with E-state index in [1.807, 2.05) is 0 Å². The van der Waals surface area contributed by atoms with Gasteiger partial charge in [-0.1, -0.05) is 32.6 Å². The molecule has 18 heavy (non-hydrogen) atoms. The predicted octanol–water partition coefficient (Wildman–Crippen LogP) is 1.39. The molecular weight excluding hydrogens is 234 g/mol. The summed E-state index contributed by atoms with van der Waals surface area (Å²) in [7, 11) is 1.23. The molecule has 0 bridgehead atoms. The van der Waals surface area contributed by atoms with E-state index >= 15 is 0 Å². The summed E-state index contributed by atoms with van der Waals surface area (Å²) in [6.07, 6.45) is 4.71. The molecule has 0 rings (SSSR count). The number of hydrogen-bond donors (Lipinski definition) is 2. The van der Waals surface area contributed by atoms with Gasteiger partial charge in [-0.3, -0.25) is 4.79 Å². The van der Waals surface area contributed by atoms with Crippen LogP contribution in [0.5, 0.6) is 0 Å². The van der Waals surface area contributed by atoms with Gasteiger partial charge in [-0.05, 0) is 13.3 Å². The van der Waals surface area contributed by atoms with Crippen molar-refractivity contribution in [3.05, 3.63) is 0 Å². The molecule has 0 aromatic carbocycles. The third-order valence-corrected chi connectivity index (χ3v) is 2.76. The number of aliphatic hydroxyl groups is 1. The molecule has 1 amide bonds. The van der Waals surface area contributed by atoms with E-state index in [2.05, 4.69) is 17.0 Å². The van der Waals surface area contributed by atoms with Crippen LogP contribution in [0.25, 0.3) is 0 Å². The van der Waals surface area contributed by atoms with E-state index in [1.54, 1.807) is 0 Å². The molecule has 2 atom stereocenters. The summed E-state index contributed by atoms with van der Waals surface area (Å²) in [6, 6.07) is -0.974. The number of carbonyl (C=O) groups is 2. The fraction of sp³-hybridized carbons (Fsp3) is 0.846. The van der Waals surface area contributed by atoms with E-state index in [0.29, 0.717) is 6.42 Å². The van der Waals surface area contributed by atoms with Gasteiger partial charge < -0.3 is 15.2 Å². The Kier molecular flexibility index (Phi) is 9.28. The van der Waals surface area contributed by atoms with Gasteiger partial charge in [0.2, 0.25) is 5.91 Å². The molecule has 2 unspecified atom stereocenters. The minimum atomic E-state index is -0.974. The summed E-state index contributed by atoms with van der Waals surface area (Å²) in [5, 5.41) is 11.9. The van der Waals surface area contributed by atoms with Crippen LogP contribution in [0.2, 0.25) is 0 Å². The zero-order valence-corrected chi connectivity index (χ0v) is 11.6. The van der Waals surface area contributed by atoms with Crippen LogP contribution in [0.15, 0.2) is 0 Å². The van der Waals surface area contributed by atoms with Crippen LogP contribution >= 0.6 is 0 Å². The molecule has 0 radical (unpaired) electrons. The largest absolute Gasteiger partial charge is 0.467 e. The first-order chi connectivity index (χ1) is 8.52. The van der Waals surface area contributed by atoms with Crippen LogP contribution in [0.4, 0.5) is 0 Å². The van der Waals surface area contributed by atoms with Crippen molar-refractivity contribution in [2.45, 2.75) is 64.5 Å². The standard InChI is InChI=1S/C13H25NO4/c1-4-5-6-7-8-9-11(16)14-12(10(2)15)13(17)18-3/h10,12,15H,4-9H2,1-3H3,(H,14,16). The van der Waals surface area contributed by atoms with Crippen molar-refractivity contribution in [2.75, 3.05) is 7.11 Å². The number of esters is 1. The highest BCUT2D eigenvalue weighted by molar-refractivity contribution is 5.84. The van der Waals surface area contributed by atoms with Crippen molar-refractivity contribution >= 4 is 11.9 Å². The minimum Gasteiger partial charge on any atom is -0.467 e. The molecule has 0 spiro atoms. The van der Waals surface area contributed by atoms with Crippen LogP contribution in [-0.2, 0) is 14.3 Å². The molecule has 106 valence electrons. The second-order valence-corrected chi connectivity index (χ2v) is 4.47. The van der Waals surface area contributed by atoms with Gasteiger partial charge in [-0.25, -0.2) is 4.79 Å². The smallest absolute Gasteiger partial charge is 0.331 e. The van der Waals surface area contributed by atoms with Crippen LogP contribution in [0.3, 0.4) is 0 Å². The fourth-order valence-electron chi connectivity index (χ4n) is 1.64. The van der Waals surface area contributed by atoms with Crippen LogP contribution < -0.4 is 5.32 Å². The topological polar surface area (TPSA) is 75.6 Å². The molecule has 2 N–H and O–H groups in total. The lowest BCUT2D eigenvalue weighted by Crippen LogP contribution is -2.48. The summed E-state index contributed by atoms with van der Waals surface area (Å²) >= 11 is 0. The number of amides is 1. The minimum absolute atomic E-state index is 0.220. The average Bonchev–Trinajstić information content (AvgIpc) is 2.34. The number of nitrogens with one attached hydrogen (secondary N) is 1. The molecule has 0 saturated carbocycles. The maximum Gasteiger partial charge on any atom is 0.331 e. The molecule has 5 nitrogen and oxygen atoms in total. The zero-order valence-electron chi connectivity index (χ0n) is 11.6. The Morgan fingerprint density at radius 3 is 2.33 bits per heavy atom. The van der Waals surface area contributed by atoms with Crippen LogP contribution in [0.1, 0.15) is 52.4 Å². The summed E-state index contributed by atoms with van der Waals surface area (Å²) in [4.78, 5) is 22.9. The van der Waals surface area contributed by atoms with Crippen molar-refractivity contribution in [2.24, 2.45) is 0 Å². The van der Waals surface area contributed by atoms with Gasteiger partial charge in [0.15, 0.2) is 6.04 Å². The molecule has 0 saturated heterocycles. The van der Waals surface area contributed by atoms with Crippen molar-refractivity contribution in [3.63, 3.8) is 0 Å². The molecule has 0 fully saturated rings. The highest BCUT2D eigenvalue weighted by Crippen LogP contribution is 2.05. The Morgan fingerprint density at radius 1 is 1.22 bits per heavy atom. The molecule has 0 aliphatic rings. The maximum atomic E-state index is 11.6. The lowest BCUT2D eigenvalue weighted by atomic mass is 10.1. The number of ether oxygens (including phenoxy) is 1. The number of aliphatic hydroxyl groups excluding tert-OH is 1. The zero-order chi connectivity index (χ0) is 14.0. The summed E-state index contributed by atoms with van der Waals surface area (Å²) in [5.41, 5.74) is 0. The SMILES string of the molecule is CCCCCCCC(=O)NC(C(=O)OC)C(C)O. The van der Waals surface area contributed by atoms with Gasteiger partial charge in [-0.15, -0.1) is 0 Å². The lowest BCUT2D eigenvalue weighted by molar-refractivity contribution is -0.148. The number of methoxy groups -OCH3 is 1. The third-order valence-electron chi connectivity index (χ3n) is 2.76. The number of unbranched alkanes of at least 4 members (excludes halogenated alkanes) is 4. The van der Waals surface area contributed by atoms with E-state index in [4.69, 9.17) is 0 Å². The monoisotopic (exact) mass is 259 g/mol. The molecule has 0 heterocycles. The molecule has 0 aliphatic heterocycles. The van der Waals surface area contributed by atoms with Gasteiger partial charge in [0.25, 0.3) is 0 Å². The van der Waals surface area contributed by atoms with Gasteiger partial charge in [0.1, 0.15) is 0 Å². The Balaban J connectivity index is 3.92. The quantitative estimate of drug-likeness (QED) is 0.484. The number of hydrogen-bond acceptors (Lipinski definition) is 4.